The first-order valence-corrected chi connectivity index (χ1v) is 7.12. The van der Waals surface area contributed by atoms with Gasteiger partial charge in [0.15, 0.2) is 0 Å². The van der Waals surface area contributed by atoms with Gasteiger partial charge in [-0.3, -0.25) is 0 Å². The van der Waals surface area contributed by atoms with Gasteiger partial charge >= 0.3 is 0 Å². The van der Waals surface area contributed by atoms with E-state index in [2.05, 4.69) is 29.9 Å². The summed E-state index contributed by atoms with van der Waals surface area (Å²) in [6, 6.07) is 8.09. The largest absolute Gasteiger partial charge is 0.489 e. The van der Waals surface area contributed by atoms with Crippen molar-refractivity contribution in [1.29, 1.82) is 0 Å². The summed E-state index contributed by atoms with van der Waals surface area (Å²) in [5.74, 6) is 0.918. The van der Waals surface area contributed by atoms with Gasteiger partial charge in [-0.05, 0) is 13.1 Å². The number of para-hydroxylation sites is 1. The SMILES string of the molecule is C=CCOc1ccccc1CNCC1CN(C)CCO1. The van der Waals surface area contributed by atoms with Crippen molar-refractivity contribution in [3.05, 3.63) is 42.5 Å². The molecule has 1 heterocycles. The van der Waals surface area contributed by atoms with Crippen LogP contribution < -0.4 is 10.1 Å². The van der Waals surface area contributed by atoms with E-state index in [4.69, 9.17) is 9.47 Å². The van der Waals surface area contributed by atoms with Gasteiger partial charge < -0.3 is 19.7 Å². The smallest absolute Gasteiger partial charge is 0.124 e. The van der Waals surface area contributed by atoms with E-state index in [9.17, 15) is 0 Å². The van der Waals surface area contributed by atoms with Crippen molar-refractivity contribution in [3.8, 4) is 5.75 Å². The van der Waals surface area contributed by atoms with Gasteiger partial charge in [-0.25, -0.2) is 0 Å². The van der Waals surface area contributed by atoms with Crippen molar-refractivity contribution in [2.45, 2.75) is 12.6 Å². The minimum Gasteiger partial charge on any atom is -0.489 e. The molecule has 110 valence electrons. The first-order valence-electron chi connectivity index (χ1n) is 7.12. The quantitative estimate of drug-likeness (QED) is 0.768. The lowest BCUT2D eigenvalue weighted by atomic mass is 10.2. The fourth-order valence-corrected chi connectivity index (χ4v) is 2.30. The predicted molar refractivity (Wildman–Crippen MR) is 81.1 cm³/mol. The van der Waals surface area contributed by atoms with Crippen LogP contribution in [-0.4, -0.2) is 50.9 Å². The third-order valence-corrected chi connectivity index (χ3v) is 3.36. The Morgan fingerprint density at radius 2 is 2.35 bits per heavy atom. The Balaban J connectivity index is 1.79. The number of rotatable bonds is 7. The van der Waals surface area contributed by atoms with Crippen LogP contribution in [0.25, 0.3) is 0 Å². The zero-order valence-corrected chi connectivity index (χ0v) is 12.2. The Labute approximate surface area is 121 Å². The molecule has 1 atom stereocenters. The summed E-state index contributed by atoms with van der Waals surface area (Å²) >= 11 is 0. The molecule has 1 saturated heterocycles. The number of benzene rings is 1. The number of likely N-dealkylation sites (N-methyl/N-ethyl adjacent to an activating group) is 1. The molecule has 0 aromatic heterocycles. The van der Waals surface area contributed by atoms with Crippen LogP contribution >= 0.6 is 0 Å². The Kier molecular flexibility index (Phi) is 6.05. The summed E-state index contributed by atoms with van der Waals surface area (Å²) in [5.41, 5.74) is 1.17. The van der Waals surface area contributed by atoms with Gasteiger partial charge in [-0.1, -0.05) is 30.9 Å². The molecule has 1 fully saturated rings. The van der Waals surface area contributed by atoms with E-state index >= 15 is 0 Å². The number of nitrogens with one attached hydrogen (secondary N) is 1. The average Bonchev–Trinajstić information content (AvgIpc) is 2.46. The monoisotopic (exact) mass is 276 g/mol. The molecule has 1 unspecified atom stereocenters. The van der Waals surface area contributed by atoms with Crippen LogP contribution in [-0.2, 0) is 11.3 Å². The molecule has 1 aliphatic heterocycles. The minimum absolute atomic E-state index is 0.273. The van der Waals surface area contributed by atoms with Gasteiger partial charge in [-0.15, -0.1) is 0 Å². The minimum atomic E-state index is 0.273. The molecule has 4 heteroatoms. The summed E-state index contributed by atoms with van der Waals surface area (Å²) in [5, 5.41) is 3.45. The maximum absolute atomic E-state index is 5.73. The Morgan fingerprint density at radius 3 is 3.15 bits per heavy atom. The van der Waals surface area contributed by atoms with E-state index in [1.54, 1.807) is 6.08 Å². The van der Waals surface area contributed by atoms with Crippen LogP contribution in [0.5, 0.6) is 5.75 Å². The van der Waals surface area contributed by atoms with Gasteiger partial charge in [0.2, 0.25) is 0 Å². The predicted octanol–water partition coefficient (Wildman–Crippen LogP) is 1.67. The topological polar surface area (TPSA) is 33.7 Å². The molecule has 4 nitrogen and oxygen atoms in total. The maximum atomic E-state index is 5.73. The van der Waals surface area contributed by atoms with Gasteiger partial charge in [0, 0.05) is 31.7 Å². The number of hydrogen-bond acceptors (Lipinski definition) is 4. The molecule has 1 aromatic rings. The number of hydrogen-bond donors (Lipinski definition) is 1. The summed E-state index contributed by atoms with van der Waals surface area (Å²) in [6.45, 7) is 8.69. The van der Waals surface area contributed by atoms with Crippen molar-refractivity contribution in [1.82, 2.24) is 10.2 Å². The van der Waals surface area contributed by atoms with Crippen LogP contribution in [0.15, 0.2) is 36.9 Å². The molecular formula is C16H24N2O2. The van der Waals surface area contributed by atoms with E-state index in [1.165, 1.54) is 5.56 Å². The standard InChI is InChI=1S/C16H24N2O2/c1-3-9-20-16-7-5-4-6-14(16)11-17-12-15-13-18(2)8-10-19-15/h3-7,15,17H,1,8-13H2,2H3. The maximum Gasteiger partial charge on any atom is 0.124 e. The van der Waals surface area contributed by atoms with E-state index in [-0.39, 0.29) is 6.10 Å². The second-order valence-electron chi connectivity index (χ2n) is 5.09. The fourth-order valence-electron chi connectivity index (χ4n) is 2.30. The molecule has 0 aliphatic carbocycles. The zero-order valence-electron chi connectivity index (χ0n) is 12.2. The zero-order chi connectivity index (χ0) is 14.2. The molecule has 2 rings (SSSR count). The van der Waals surface area contributed by atoms with E-state index in [0.717, 1.165) is 38.5 Å². The highest BCUT2D eigenvalue weighted by Crippen LogP contribution is 2.17. The number of ether oxygens (including phenoxy) is 2. The third-order valence-electron chi connectivity index (χ3n) is 3.36. The second kappa shape index (κ2) is 8.04. The van der Waals surface area contributed by atoms with Crippen LogP contribution in [0, 0.1) is 0 Å². The molecular weight excluding hydrogens is 252 g/mol. The van der Waals surface area contributed by atoms with Gasteiger partial charge in [0.25, 0.3) is 0 Å². The molecule has 0 amide bonds. The highest BCUT2D eigenvalue weighted by Gasteiger charge is 2.17. The van der Waals surface area contributed by atoms with Crippen LogP contribution in [0.1, 0.15) is 5.56 Å². The molecule has 0 spiro atoms. The van der Waals surface area contributed by atoms with Crippen LogP contribution in [0.2, 0.25) is 0 Å². The molecule has 0 radical (unpaired) electrons. The lowest BCUT2D eigenvalue weighted by Crippen LogP contribution is -2.44. The molecule has 1 aromatic carbocycles. The van der Waals surface area contributed by atoms with Crippen LogP contribution in [0.4, 0.5) is 0 Å². The second-order valence-corrected chi connectivity index (χ2v) is 5.09. The highest BCUT2D eigenvalue weighted by atomic mass is 16.5. The summed E-state index contributed by atoms with van der Waals surface area (Å²) in [4.78, 5) is 2.30. The van der Waals surface area contributed by atoms with Crippen molar-refractivity contribution >= 4 is 0 Å². The molecule has 1 aliphatic rings. The first-order chi connectivity index (χ1) is 9.79. The molecule has 0 saturated carbocycles. The van der Waals surface area contributed by atoms with Crippen LogP contribution in [0.3, 0.4) is 0 Å². The first kappa shape index (κ1) is 15.0. The summed E-state index contributed by atoms with van der Waals surface area (Å²) in [6.07, 6.45) is 2.03. The highest BCUT2D eigenvalue weighted by molar-refractivity contribution is 5.33. The number of morpholine rings is 1. The molecule has 20 heavy (non-hydrogen) atoms. The lowest BCUT2D eigenvalue weighted by Gasteiger charge is -2.30. The van der Waals surface area contributed by atoms with Gasteiger partial charge in [0.05, 0.1) is 12.7 Å². The Hall–Kier alpha value is -1.36. The average molecular weight is 276 g/mol. The number of nitrogens with zero attached hydrogens (tertiary/aromatic N) is 1. The Morgan fingerprint density at radius 1 is 1.50 bits per heavy atom. The van der Waals surface area contributed by atoms with E-state index in [1.807, 2.05) is 18.2 Å². The molecule has 0 bridgehead atoms. The van der Waals surface area contributed by atoms with Crippen molar-refractivity contribution in [3.63, 3.8) is 0 Å². The molecule has 1 N–H and O–H groups in total. The normalized spacial score (nSPS) is 19.8. The van der Waals surface area contributed by atoms with E-state index < -0.39 is 0 Å². The lowest BCUT2D eigenvalue weighted by molar-refractivity contribution is -0.0182. The van der Waals surface area contributed by atoms with E-state index in [0.29, 0.717) is 6.61 Å². The van der Waals surface area contributed by atoms with Crippen molar-refractivity contribution in [2.24, 2.45) is 0 Å². The fraction of sp³-hybridized carbons (Fsp3) is 0.500. The van der Waals surface area contributed by atoms with Crippen molar-refractivity contribution in [2.75, 3.05) is 39.9 Å². The summed E-state index contributed by atoms with van der Waals surface area (Å²) in [7, 11) is 2.13. The Bertz CT molecular complexity index is 423. The summed E-state index contributed by atoms with van der Waals surface area (Å²) < 4.78 is 11.4. The van der Waals surface area contributed by atoms with Gasteiger partial charge in [-0.2, -0.15) is 0 Å². The van der Waals surface area contributed by atoms with Gasteiger partial charge in [0.1, 0.15) is 12.4 Å². The third kappa shape index (κ3) is 4.63. The van der Waals surface area contributed by atoms with Crippen molar-refractivity contribution < 1.29 is 9.47 Å².